The van der Waals surface area contributed by atoms with E-state index < -0.39 is 6.10 Å². The van der Waals surface area contributed by atoms with Crippen molar-refractivity contribution in [1.29, 1.82) is 0 Å². The van der Waals surface area contributed by atoms with Gasteiger partial charge in [0, 0.05) is 18.8 Å². The minimum absolute atomic E-state index is 0.0445. The molecule has 1 unspecified atom stereocenters. The van der Waals surface area contributed by atoms with Gasteiger partial charge < -0.3 is 9.84 Å². The standard InChI is InChI=1S/C27H40O4/c1-4-5-8-12-24(28)21-14-16-23(17-15-21)27-22(18-19-25(27)29)11-9-6-7-10-13-26(30)31-20(2)3/h6,9,14-17,20,22,24,27-28H,4-5,7-8,10-13,18-19H2,1-3H3/b9-6-/t22-,24?,27-/m0/s1. The molecule has 4 nitrogen and oxygen atoms in total. The van der Waals surface area contributed by atoms with Gasteiger partial charge in [-0.05, 0) is 63.0 Å². The second-order valence-corrected chi connectivity index (χ2v) is 9.06. The normalized spacial score (nSPS) is 20.0. The lowest BCUT2D eigenvalue weighted by Gasteiger charge is -2.18. The zero-order valence-electron chi connectivity index (χ0n) is 19.5. The fraction of sp³-hybridized carbons (Fsp3) is 0.630. The van der Waals surface area contributed by atoms with E-state index in [0.29, 0.717) is 24.5 Å². The van der Waals surface area contributed by atoms with Crippen LogP contribution in [0.25, 0.3) is 0 Å². The molecule has 0 amide bonds. The minimum atomic E-state index is -0.420. The number of Topliss-reactive ketones (excluding diaryl/α,β-unsaturated/α-hetero) is 1. The van der Waals surface area contributed by atoms with E-state index >= 15 is 0 Å². The molecule has 1 aliphatic carbocycles. The molecule has 1 aromatic rings. The molecule has 0 aromatic heterocycles. The van der Waals surface area contributed by atoms with Crippen LogP contribution >= 0.6 is 0 Å². The Morgan fingerprint density at radius 2 is 1.90 bits per heavy atom. The van der Waals surface area contributed by atoms with Crippen LogP contribution in [0.1, 0.15) is 108 Å². The van der Waals surface area contributed by atoms with Gasteiger partial charge in [-0.1, -0.05) is 62.6 Å². The fourth-order valence-corrected chi connectivity index (χ4v) is 4.38. The SMILES string of the molecule is CCCCCC(O)c1ccc([C@H]2C(=O)CC[C@@H]2C/C=C\CCCC(=O)OC(C)C)cc1. The fourth-order valence-electron chi connectivity index (χ4n) is 4.38. The largest absolute Gasteiger partial charge is 0.463 e. The predicted molar refractivity (Wildman–Crippen MR) is 125 cm³/mol. The summed E-state index contributed by atoms with van der Waals surface area (Å²) in [5, 5.41) is 10.4. The summed E-state index contributed by atoms with van der Waals surface area (Å²) in [6, 6.07) is 8.04. The van der Waals surface area contributed by atoms with Crippen LogP contribution in [0.5, 0.6) is 0 Å². The number of carbonyl (C=O) groups is 2. The highest BCUT2D eigenvalue weighted by atomic mass is 16.5. The van der Waals surface area contributed by atoms with Gasteiger partial charge in [-0.2, -0.15) is 0 Å². The quantitative estimate of drug-likeness (QED) is 0.223. The van der Waals surface area contributed by atoms with Crippen LogP contribution in [0, 0.1) is 5.92 Å². The average Bonchev–Trinajstić information content (AvgIpc) is 3.10. The van der Waals surface area contributed by atoms with Crippen molar-refractivity contribution in [3.8, 4) is 0 Å². The number of hydrogen-bond acceptors (Lipinski definition) is 4. The molecule has 0 bridgehead atoms. The van der Waals surface area contributed by atoms with Crippen LogP contribution in [0.4, 0.5) is 0 Å². The summed E-state index contributed by atoms with van der Waals surface area (Å²) in [6.07, 6.45) is 12.5. The van der Waals surface area contributed by atoms with Crippen LogP contribution in [0.3, 0.4) is 0 Å². The molecule has 0 aliphatic heterocycles. The number of unbranched alkanes of at least 4 members (excludes halogenated alkanes) is 3. The highest BCUT2D eigenvalue weighted by Crippen LogP contribution is 2.39. The van der Waals surface area contributed by atoms with Crippen LogP contribution in [-0.2, 0) is 14.3 Å². The molecule has 172 valence electrons. The average molecular weight is 429 g/mol. The maximum Gasteiger partial charge on any atom is 0.306 e. The molecule has 31 heavy (non-hydrogen) atoms. The number of esters is 1. The first-order chi connectivity index (χ1) is 14.9. The van der Waals surface area contributed by atoms with Crippen molar-refractivity contribution in [2.24, 2.45) is 5.92 Å². The topological polar surface area (TPSA) is 63.6 Å². The maximum atomic E-state index is 12.6. The molecule has 0 spiro atoms. The summed E-state index contributed by atoms with van der Waals surface area (Å²) < 4.78 is 5.14. The smallest absolute Gasteiger partial charge is 0.306 e. The van der Waals surface area contributed by atoms with Crippen molar-refractivity contribution in [3.63, 3.8) is 0 Å². The summed E-state index contributed by atoms with van der Waals surface area (Å²) in [4.78, 5) is 24.1. The molecule has 2 rings (SSSR count). The zero-order valence-corrected chi connectivity index (χ0v) is 19.5. The van der Waals surface area contributed by atoms with Crippen LogP contribution < -0.4 is 0 Å². The molecule has 3 atom stereocenters. The minimum Gasteiger partial charge on any atom is -0.463 e. The van der Waals surface area contributed by atoms with E-state index in [-0.39, 0.29) is 18.0 Å². The lowest BCUT2D eigenvalue weighted by molar-refractivity contribution is -0.147. The number of rotatable bonds is 13. The summed E-state index contributed by atoms with van der Waals surface area (Å²) in [5.74, 6) is 0.474. The zero-order chi connectivity index (χ0) is 22.6. The summed E-state index contributed by atoms with van der Waals surface area (Å²) >= 11 is 0. The Hall–Kier alpha value is -1.94. The highest BCUT2D eigenvalue weighted by molar-refractivity contribution is 5.88. The summed E-state index contributed by atoms with van der Waals surface area (Å²) in [7, 11) is 0. The van der Waals surface area contributed by atoms with Crippen molar-refractivity contribution in [3.05, 3.63) is 47.5 Å². The highest BCUT2D eigenvalue weighted by Gasteiger charge is 2.34. The number of allylic oxidation sites excluding steroid dienone is 2. The third kappa shape index (κ3) is 8.60. The van der Waals surface area contributed by atoms with E-state index in [9.17, 15) is 14.7 Å². The van der Waals surface area contributed by atoms with Gasteiger partial charge >= 0.3 is 5.97 Å². The lowest BCUT2D eigenvalue weighted by atomic mass is 9.85. The molecular formula is C27H40O4. The Morgan fingerprint density at radius 3 is 2.58 bits per heavy atom. The Kier molecular flexibility index (Phi) is 11.0. The molecule has 1 aromatic carbocycles. The van der Waals surface area contributed by atoms with Gasteiger partial charge in [0.1, 0.15) is 5.78 Å². The van der Waals surface area contributed by atoms with Crippen molar-refractivity contribution < 1.29 is 19.4 Å². The Labute approximate surface area is 188 Å². The van der Waals surface area contributed by atoms with Gasteiger partial charge in [-0.25, -0.2) is 0 Å². The van der Waals surface area contributed by atoms with E-state index in [1.54, 1.807) is 0 Å². The van der Waals surface area contributed by atoms with Gasteiger partial charge in [-0.3, -0.25) is 9.59 Å². The van der Waals surface area contributed by atoms with Crippen LogP contribution in [0.2, 0.25) is 0 Å². The van der Waals surface area contributed by atoms with E-state index in [4.69, 9.17) is 4.74 Å². The van der Waals surface area contributed by atoms with Gasteiger partial charge in [0.05, 0.1) is 12.2 Å². The number of carbonyl (C=O) groups excluding carboxylic acids is 2. The summed E-state index contributed by atoms with van der Waals surface area (Å²) in [6.45, 7) is 5.88. The number of hydrogen-bond donors (Lipinski definition) is 1. The van der Waals surface area contributed by atoms with Gasteiger partial charge in [0.25, 0.3) is 0 Å². The second-order valence-electron chi connectivity index (χ2n) is 9.06. The number of ether oxygens (including phenoxy) is 1. The number of benzene rings is 1. The molecule has 1 saturated carbocycles. The van der Waals surface area contributed by atoms with Crippen molar-refractivity contribution >= 4 is 11.8 Å². The van der Waals surface area contributed by atoms with Crippen molar-refractivity contribution in [2.45, 2.75) is 103 Å². The number of ketones is 1. The van der Waals surface area contributed by atoms with Crippen molar-refractivity contribution in [2.75, 3.05) is 0 Å². The van der Waals surface area contributed by atoms with Gasteiger partial charge in [0.2, 0.25) is 0 Å². The molecule has 1 N–H and O–H groups in total. The molecule has 1 fully saturated rings. The van der Waals surface area contributed by atoms with Gasteiger partial charge in [0.15, 0.2) is 0 Å². The first kappa shape index (κ1) is 25.3. The first-order valence-electron chi connectivity index (χ1n) is 12.1. The molecule has 1 aliphatic rings. The lowest BCUT2D eigenvalue weighted by Crippen LogP contribution is -2.12. The maximum absolute atomic E-state index is 12.6. The Morgan fingerprint density at radius 1 is 1.16 bits per heavy atom. The number of aliphatic hydroxyl groups excluding tert-OH is 1. The molecular weight excluding hydrogens is 388 g/mol. The molecule has 0 heterocycles. The van der Waals surface area contributed by atoms with E-state index in [0.717, 1.165) is 62.5 Å². The Bertz CT molecular complexity index is 704. The first-order valence-corrected chi connectivity index (χ1v) is 12.1. The number of aliphatic hydroxyl groups is 1. The third-order valence-electron chi connectivity index (χ3n) is 6.07. The monoisotopic (exact) mass is 428 g/mol. The van der Waals surface area contributed by atoms with E-state index in [2.05, 4.69) is 19.1 Å². The molecule has 0 radical (unpaired) electrons. The van der Waals surface area contributed by atoms with Crippen molar-refractivity contribution in [1.82, 2.24) is 0 Å². The van der Waals surface area contributed by atoms with Crippen LogP contribution in [-0.4, -0.2) is 23.0 Å². The molecule has 0 saturated heterocycles. The third-order valence-corrected chi connectivity index (χ3v) is 6.07. The predicted octanol–water partition coefficient (Wildman–Crippen LogP) is 6.43. The summed E-state index contributed by atoms with van der Waals surface area (Å²) in [5.41, 5.74) is 2.01. The van der Waals surface area contributed by atoms with E-state index in [1.807, 2.05) is 38.1 Å². The molecule has 4 heteroatoms. The van der Waals surface area contributed by atoms with Gasteiger partial charge in [-0.15, -0.1) is 0 Å². The second kappa shape index (κ2) is 13.5. The Balaban J connectivity index is 1.83. The van der Waals surface area contributed by atoms with E-state index in [1.165, 1.54) is 0 Å². The van der Waals surface area contributed by atoms with Crippen LogP contribution in [0.15, 0.2) is 36.4 Å².